The lowest BCUT2D eigenvalue weighted by Crippen LogP contribution is -2.46. The number of carbonyl (C=O) groups is 1. The molecule has 0 N–H and O–H groups in total. The van der Waals surface area contributed by atoms with Crippen molar-refractivity contribution in [3.8, 4) is 0 Å². The number of amides is 1. The van der Waals surface area contributed by atoms with Crippen LogP contribution in [0.5, 0.6) is 0 Å². The lowest BCUT2D eigenvalue weighted by molar-refractivity contribution is -0.132. The Hall–Kier alpha value is -0.280. The molecule has 0 saturated heterocycles. The molecule has 0 aliphatic heterocycles. The molecule has 2 fully saturated rings. The Labute approximate surface area is 109 Å². The van der Waals surface area contributed by atoms with Crippen LogP contribution in [0.4, 0.5) is 0 Å². The van der Waals surface area contributed by atoms with E-state index in [2.05, 4.69) is 23.9 Å². The molecule has 0 unspecified atom stereocenters. The van der Waals surface area contributed by atoms with Crippen molar-refractivity contribution in [2.75, 3.05) is 20.0 Å². The molecule has 0 aromatic rings. The van der Waals surface area contributed by atoms with E-state index >= 15 is 0 Å². The summed E-state index contributed by atoms with van der Waals surface area (Å²) in [7, 11) is 4.29. The Bertz CT molecular complexity index is 271. The van der Waals surface area contributed by atoms with Crippen molar-refractivity contribution in [2.45, 2.75) is 56.7 Å². The number of hydrogen-bond donors (Lipinski definition) is 0. The summed E-state index contributed by atoms with van der Waals surface area (Å²) in [5.74, 6) is 0.284. The molecule has 0 aromatic heterocycles. The van der Waals surface area contributed by atoms with E-state index in [1.54, 1.807) is 0 Å². The van der Waals surface area contributed by atoms with Gasteiger partial charge in [0.05, 0.1) is 0 Å². The number of hydrogen-bond acceptors (Lipinski definition) is 2. The van der Waals surface area contributed by atoms with Gasteiger partial charge >= 0.3 is 0 Å². The maximum Gasteiger partial charge on any atom is 0.237 e. The van der Waals surface area contributed by atoms with Crippen molar-refractivity contribution < 1.29 is 4.79 Å². The SMILES string of the molecule is CN(C)C1CCC(N(C(=O)CCl)C2CC2)CC1. The molecule has 0 aromatic carbocycles. The first-order chi connectivity index (χ1) is 8.13. The van der Waals surface area contributed by atoms with Crippen LogP contribution in [0.15, 0.2) is 0 Å². The first-order valence-corrected chi connectivity index (χ1v) is 7.20. The van der Waals surface area contributed by atoms with Crippen LogP contribution < -0.4 is 0 Å². The zero-order valence-electron chi connectivity index (χ0n) is 10.9. The molecule has 1 amide bonds. The van der Waals surface area contributed by atoms with E-state index < -0.39 is 0 Å². The maximum atomic E-state index is 11.9. The standard InChI is InChI=1S/C13H23ClN2O/c1-15(2)10-3-5-11(6-4-10)16(12-7-8-12)13(17)9-14/h10-12H,3-9H2,1-2H3. The van der Waals surface area contributed by atoms with Gasteiger partial charge in [-0.15, -0.1) is 11.6 Å². The molecular weight excluding hydrogens is 236 g/mol. The second kappa shape index (κ2) is 5.57. The van der Waals surface area contributed by atoms with E-state index in [9.17, 15) is 4.79 Å². The zero-order valence-corrected chi connectivity index (χ0v) is 11.6. The van der Waals surface area contributed by atoms with E-state index in [-0.39, 0.29) is 11.8 Å². The molecule has 2 saturated carbocycles. The van der Waals surface area contributed by atoms with E-state index in [0.717, 1.165) is 12.8 Å². The highest BCUT2D eigenvalue weighted by molar-refractivity contribution is 6.27. The molecule has 17 heavy (non-hydrogen) atoms. The van der Waals surface area contributed by atoms with Gasteiger partial charge < -0.3 is 9.80 Å². The molecule has 98 valence electrons. The van der Waals surface area contributed by atoms with Crippen LogP contribution in [-0.4, -0.2) is 53.8 Å². The minimum absolute atomic E-state index is 0.141. The lowest BCUT2D eigenvalue weighted by atomic mass is 9.89. The molecule has 2 aliphatic carbocycles. The fourth-order valence-electron chi connectivity index (χ4n) is 2.98. The van der Waals surface area contributed by atoms with Gasteiger partial charge in [-0.25, -0.2) is 0 Å². The average Bonchev–Trinajstić information content (AvgIpc) is 3.14. The number of nitrogens with zero attached hydrogens (tertiary/aromatic N) is 2. The number of rotatable bonds is 4. The summed E-state index contributed by atoms with van der Waals surface area (Å²) in [5, 5.41) is 0. The summed E-state index contributed by atoms with van der Waals surface area (Å²) >= 11 is 5.72. The number of alkyl halides is 1. The predicted molar refractivity (Wildman–Crippen MR) is 70.3 cm³/mol. The van der Waals surface area contributed by atoms with Gasteiger partial charge in [-0.3, -0.25) is 4.79 Å². The highest BCUT2D eigenvalue weighted by atomic mass is 35.5. The average molecular weight is 259 g/mol. The second-order valence-corrected chi connectivity index (χ2v) is 5.86. The van der Waals surface area contributed by atoms with E-state index in [1.807, 2.05) is 0 Å². The van der Waals surface area contributed by atoms with Gasteiger partial charge in [0.2, 0.25) is 5.91 Å². The maximum absolute atomic E-state index is 11.9. The van der Waals surface area contributed by atoms with Crippen LogP contribution in [0, 0.1) is 0 Å². The van der Waals surface area contributed by atoms with Gasteiger partial charge in [0.1, 0.15) is 5.88 Å². The van der Waals surface area contributed by atoms with Gasteiger partial charge in [-0.05, 0) is 52.6 Å². The molecule has 0 heterocycles. The quantitative estimate of drug-likeness (QED) is 0.721. The van der Waals surface area contributed by atoms with Crippen LogP contribution in [0.25, 0.3) is 0 Å². The van der Waals surface area contributed by atoms with E-state index in [4.69, 9.17) is 11.6 Å². The zero-order chi connectivity index (χ0) is 12.4. The molecule has 0 bridgehead atoms. The van der Waals surface area contributed by atoms with Crippen molar-refractivity contribution in [1.82, 2.24) is 9.80 Å². The van der Waals surface area contributed by atoms with Gasteiger partial charge in [-0.2, -0.15) is 0 Å². The van der Waals surface area contributed by atoms with Crippen LogP contribution in [-0.2, 0) is 4.79 Å². The normalized spacial score (nSPS) is 29.4. The van der Waals surface area contributed by atoms with Crippen molar-refractivity contribution in [3.05, 3.63) is 0 Å². The molecule has 2 aliphatic rings. The minimum atomic E-state index is 0.141. The predicted octanol–water partition coefficient (Wildman–Crippen LogP) is 2.09. The van der Waals surface area contributed by atoms with Crippen molar-refractivity contribution in [3.63, 3.8) is 0 Å². The first kappa shape index (κ1) is 13.2. The van der Waals surface area contributed by atoms with Crippen molar-refractivity contribution in [1.29, 1.82) is 0 Å². The Balaban J connectivity index is 1.91. The summed E-state index contributed by atoms with van der Waals surface area (Å²) in [4.78, 5) is 16.3. The molecule has 0 atom stereocenters. The third kappa shape index (κ3) is 3.14. The number of carbonyl (C=O) groups excluding carboxylic acids is 1. The Morgan fingerprint density at radius 2 is 1.41 bits per heavy atom. The van der Waals surface area contributed by atoms with Crippen LogP contribution in [0.2, 0.25) is 0 Å². The van der Waals surface area contributed by atoms with Crippen LogP contribution in [0.1, 0.15) is 38.5 Å². The smallest absolute Gasteiger partial charge is 0.237 e. The minimum Gasteiger partial charge on any atom is -0.336 e. The first-order valence-electron chi connectivity index (χ1n) is 6.67. The Kier molecular flexibility index (Phi) is 4.31. The molecule has 4 heteroatoms. The molecular formula is C13H23ClN2O. The summed E-state index contributed by atoms with van der Waals surface area (Å²) in [6.45, 7) is 0. The Morgan fingerprint density at radius 1 is 1.00 bits per heavy atom. The van der Waals surface area contributed by atoms with Crippen molar-refractivity contribution in [2.24, 2.45) is 0 Å². The fraction of sp³-hybridized carbons (Fsp3) is 0.923. The van der Waals surface area contributed by atoms with Gasteiger partial charge in [0, 0.05) is 18.1 Å². The van der Waals surface area contributed by atoms with E-state index in [1.165, 1.54) is 25.7 Å². The van der Waals surface area contributed by atoms with Crippen molar-refractivity contribution >= 4 is 17.5 Å². The topological polar surface area (TPSA) is 23.6 Å². The molecule has 0 spiro atoms. The third-order valence-electron chi connectivity index (χ3n) is 4.13. The summed E-state index contributed by atoms with van der Waals surface area (Å²) in [6, 6.07) is 1.64. The monoisotopic (exact) mass is 258 g/mol. The van der Waals surface area contributed by atoms with Crippen LogP contribution >= 0.6 is 11.6 Å². The largest absolute Gasteiger partial charge is 0.336 e. The summed E-state index contributed by atoms with van der Waals surface area (Å²) in [5.41, 5.74) is 0. The van der Waals surface area contributed by atoms with Gasteiger partial charge in [-0.1, -0.05) is 0 Å². The van der Waals surface area contributed by atoms with Gasteiger partial charge in [0.15, 0.2) is 0 Å². The summed E-state index contributed by atoms with van der Waals surface area (Å²) < 4.78 is 0. The third-order valence-corrected chi connectivity index (χ3v) is 4.36. The Morgan fingerprint density at radius 3 is 1.76 bits per heavy atom. The van der Waals surface area contributed by atoms with E-state index in [0.29, 0.717) is 18.1 Å². The highest BCUT2D eigenvalue weighted by Gasteiger charge is 2.38. The summed E-state index contributed by atoms with van der Waals surface area (Å²) in [6.07, 6.45) is 7.04. The fourth-order valence-corrected chi connectivity index (χ4v) is 3.12. The lowest BCUT2D eigenvalue weighted by Gasteiger charge is -2.38. The molecule has 2 rings (SSSR count). The molecule has 0 radical (unpaired) electrons. The number of halogens is 1. The van der Waals surface area contributed by atoms with Crippen LogP contribution in [0.3, 0.4) is 0 Å². The van der Waals surface area contributed by atoms with Gasteiger partial charge in [0.25, 0.3) is 0 Å². The second-order valence-electron chi connectivity index (χ2n) is 5.59. The molecule has 3 nitrogen and oxygen atoms in total. The highest BCUT2D eigenvalue weighted by Crippen LogP contribution is 2.34.